The van der Waals surface area contributed by atoms with Gasteiger partial charge in [0.2, 0.25) is 0 Å². The fourth-order valence-corrected chi connectivity index (χ4v) is 4.61. The maximum atomic E-state index is 13.0. The van der Waals surface area contributed by atoms with Crippen molar-refractivity contribution in [3.05, 3.63) is 87.5 Å². The van der Waals surface area contributed by atoms with E-state index in [9.17, 15) is 18.0 Å². The van der Waals surface area contributed by atoms with E-state index in [0.29, 0.717) is 22.7 Å². The van der Waals surface area contributed by atoms with Crippen molar-refractivity contribution in [3.63, 3.8) is 0 Å². The number of aromatic nitrogens is 2. The maximum Gasteiger partial charge on any atom is 0.287 e. The van der Waals surface area contributed by atoms with Crippen LogP contribution in [0.1, 0.15) is 55.1 Å². The molecule has 4 rings (SSSR count). The van der Waals surface area contributed by atoms with Crippen LogP contribution in [0.4, 0.5) is 5.69 Å². The average molecular weight is 524 g/mol. The molecule has 2 aromatic carbocycles. The molecule has 1 N–H and O–H groups in total. The molecule has 10 heteroatoms. The third kappa shape index (κ3) is 5.75. The number of carbonyl (C=O) groups is 1. The Balaban J connectivity index is 1.63. The zero-order valence-electron chi connectivity index (χ0n) is 21.4. The molecule has 0 spiro atoms. The van der Waals surface area contributed by atoms with Crippen LogP contribution in [-0.4, -0.2) is 29.6 Å². The van der Waals surface area contributed by atoms with Crippen LogP contribution in [0, 0.1) is 6.92 Å². The smallest absolute Gasteiger partial charge is 0.287 e. The van der Waals surface area contributed by atoms with Crippen molar-refractivity contribution in [2.75, 3.05) is 11.1 Å². The molecular weight excluding hydrogens is 494 g/mol. The number of anilines is 1. The van der Waals surface area contributed by atoms with E-state index < -0.39 is 21.3 Å². The Labute approximate surface area is 215 Å². The number of nitrogens with one attached hydrogen (secondary N) is 1. The lowest BCUT2D eigenvalue weighted by Gasteiger charge is -2.19. The number of hydrogen-bond donors (Lipinski definition) is 1. The van der Waals surface area contributed by atoms with Gasteiger partial charge in [-0.3, -0.25) is 9.59 Å². The largest absolute Gasteiger partial charge is 0.485 e. The van der Waals surface area contributed by atoms with Crippen molar-refractivity contribution >= 4 is 27.1 Å². The number of benzene rings is 2. The normalized spacial score (nSPS) is 12.0. The molecule has 9 nitrogen and oxygen atoms in total. The van der Waals surface area contributed by atoms with E-state index in [2.05, 4.69) is 31.1 Å². The second-order valence-corrected chi connectivity index (χ2v) is 12.0. The second kappa shape index (κ2) is 9.85. The molecule has 194 valence electrons. The van der Waals surface area contributed by atoms with Crippen molar-refractivity contribution in [2.24, 2.45) is 0 Å². The van der Waals surface area contributed by atoms with Gasteiger partial charge in [-0.05, 0) is 48.2 Å². The van der Waals surface area contributed by atoms with Crippen LogP contribution < -0.4 is 15.6 Å². The molecule has 0 saturated carbocycles. The van der Waals surface area contributed by atoms with Crippen LogP contribution in [0.2, 0.25) is 0 Å². The molecule has 1 amide bonds. The SMILES string of the molecule is CCS(=O)(=O)c1ccc(OCc2cc(=O)n3oc(C)cc3n2)c(NC(=O)c2ccc(C(C)(C)C)cc2)c1. The van der Waals surface area contributed by atoms with E-state index in [0.717, 1.165) is 10.1 Å². The Kier molecular flexibility index (Phi) is 6.96. The van der Waals surface area contributed by atoms with Crippen molar-refractivity contribution in [1.82, 2.24) is 9.56 Å². The predicted octanol–water partition coefficient (Wildman–Crippen LogP) is 4.52. The van der Waals surface area contributed by atoms with Crippen molar-refractivity contribution < 1.29 is 22.5 Å². The summed E-state index contributed by atoms with van der Waals surface area (Å²) in [6, 6.07) is 14.4. The molecule has 0 radical (unpaired) electrons. The van der Waals surface area contributed by atoms with Gasteiger partial charge in [0.15, 0.2) is 15.5 Å². The lowest BCUT2D eigenvalue weighted by atomic mass is 9.87. The molecule has 0 atom stereocenters. The van der Waals surface area contributed by atoms with Crippen molar-refractivity contribution in [3.8, 4) is 5.75 Å². The van der Waals surface area contributed by atoms with E-state index in [4.69, 9.17) is 9.26 Å². The lowest BCUT2D eigenvalue weighted by molar-refractivity contribution is 0.102. The Morgan fingerprint density at radius 1 is 1.08 bits per heavy atom. The highest BCUT2D eigenvalue weighted by molar-refractivity contribution is 7.91. The van der Waals surface area contributed by atoms with Crippen LogP contribution in [0.25, 0.3) is 5.65 Å². The van der Waals surface area contributed by atoms with Gasteiger partial charge in [-0.25, -0.2) is 13.4 Å². The summed E-state index contributed by atoms with van der Waals surface area (Å²) in [6.45, 7) is 9.42. The van der Waals surface area contributed by atoms with Gasteiger partial charge in [0, 0.05) is 17.7 Å². The van der Waals surface area contributed by atoms with Crippen molar-refractivity contribution in [1.29, 1.82) is 0 Å². The molecule has 2 heterocycles. The summed E-state index contributed by atoms with van der Waals surface area (Å²) in [6.07, 6.45) is 0. The summed E-state index contributed by atoms with van der Waals surface area (Å²) < 4.78 is 37.2. The number of hydrogen-bond acceptors (Lipinski definition) is 7. The maximum absolute atomic E-state index is 13.0. The molecule has 0 aliphatic rings. The zero-order chi connectivity index (χ0) is 27.0. The quantitative estimate of drug-likeness (QED) is 0.378. The summed E-state index contributed by atoms with van der Waals surface area (Å²) >= 11 is 0. The molecular formula is C27H29N3O6S. The molecule has 0 fully saturated rings. The fraction of sp³-hybridized carbons (Fsp3) is 0.296. The first kappa shape index (κ1) is 26.2. The summed E-state index contributed by atoms with van der Waals surface area (Å²) in [5, 5.41) is 2.77. The van der Waals surface area contributed by atoms with Gasteiger partial charge < -0.3 is 14.6 Å². The van der Waals surface area contributed by atoms with Gasteiger partial charge in [0.25, 0.3) is 11.5 Å². The van der Waals surface area contributed by atoms with E-state index in [1.54, 1.807) is 32.0 Å². The number of amides is 1. The molecule has 2 aromatic heterocycles. The van der Waals surface area contributed by atoms with E-state index in [1.807, 2.05) is 12.1 Å². The second-order valence-electron chi connectivity index (χ2n) is 9.72. The molecule has 0 bridgehead atoms. The van der Waals surface area contributed by atoms with Gasteiger partial charge in [-0.15, -0.1) is 4.57 Å². The minimum Gasteiger partial charge on any atom is -0.485 e. The minimum absolute atomic E-state index is 0.0620. The van der Waals surface area contributed by atoms with E-state index in [-0.39, 0.29) is 34.1 Å². The molecule has 0 aliphatic heterocycles. The fourth-order valence-electron chi connectivity index (χ4n) is 3.71. The molecule has 37 heavy (non-hydrogen) atoms. The highest BCUT2D eigenvalue weighted by Crippen LogP contribution is 2.30. The Morgan fingerprint density at radius 3 is 2.43 bits per heavy atom. The Hall–Kier alpha value is -3.92. The highest BCUT2D eigenvalue weighted by Gasteiger charge is 2.19. The first-order valence-electron chi connectivity index (χ1n) is 11.8. The monoisotopic (exact) mass is 523 g/mol. The average Bonchev–Trinajstić information content (AvgIpc) is 3.23. The highest BCUT2D eigenvalue weighted by atomic mass is 32.2. The summed E-state index contributed by atoms with van der Waals surface area (Å²) in [7, 11) is -3.53. The van der Waals surface area contributed by atoms with E-state index >= 15 is 0 Å². The first-order valence-corrected chi connectivity index (χ1v) is 13.4. The Morgan fingerprint density at radius 2 is 1.78 bits per heavy atom. The van der Waals surface area contributed by atoms with Gasteiger partial charge >= 0.3 is 0 Å². The van der Waals surface area contributed by atoms with Crippen molar-refractivity contribution in [2.45, 2.75) is 51.5 Å². The van der Waals surface area contributed by atoms with Crippen LogP contribution >= 0.6 is 0 Å². The number of fused-ring (bicyclic) bond motifs is 1. The molecule has 0 aliphatic carbocycles. The minimum atomic E-state index is -3.53. The number of sulfone groups is 1. The summed E-state index contributed by atoms with van der Waals surface area (Å²) in [4.78, 5) is 29.8. The predicted molar refractivity (Wildman–Crippen MR) is 140 cm³/mol. The number of ether oxygens (including phenoxy) is 1. The van der Waals surface area contributed by atoms with Crippen LogP contribution in [0.3, 0.4) is 0 Å². The molecule has 0 unspecified atom stereocenters. The van der Waals surface area contributed by atoms with Crippen LogP contribution in [0.5, 0.6) is 5.75 Å². The zero-order valence-corrected chi connectivity index (χ0v) is 22.2. The van der Waals surface area contributed by atoms with Gasteiger partial charge in [-0.2, -0.15) is 0 Å². The summed E-state index contributed by atoms with van der Waals surface area (Å²) in [5.74, 6) is 0.270. The molecule has 0 saturated heterocycles. The number of rotatable bonds is 7. The first-order chi connectivity index (χ1) is 17.4. The lowest BCUT2D eigenvalue weighted by Crippen LogP contribution is -2.16. The number of nitrogens with zero attached hydrogens (tertiary/aromatic N) is 2. The number of carbonyl (C=O) groups excluding carboxylic acids is 1. The molecule has 4 aromatic rings. The van der Waals surface area contributed by atoms with Crippen LogP contribution in [-0.2, 0) is 21.9 Å². The Bertz CT molecular complexity index is 1630. The standard InChI is InChI=1S/C27H29N3O6S/c1-6-37(33,34)21-11-12-23(35-16-20-14-25(31)30-24(28-20)13-17(2)36-30)22(15-21)29-26(32)18-7-9-19(10-8-18)27(3,4)5/h7-15H,6,16H2,1-5H3,(H,29,32). The van der Waals surface area contributed by atoms with Gasteiger partial charge in [0.05, 0.1) is 22.0 Å². The van der Waals surface area contributed by atoms with Crippen LogP contribution in [0.15, 0.2) is 68.8 Å². The van der Waals surface area contributed by atoms with Gasteiger partial charge in [-0.1, -0.05) is 39.8 Å². The van der Waals surface area contributed by atoms with E-state index in [1.165, 1.54) is 24.3 Å². The topological polar surface area (TPSA) is 120 Å². The third-order valence-corrected chi connectivity index (χ3v) is 7.58. The van der Waals surface area contributed by atoms with Gasteiger partial charge in [0.1, 0.15) is 18.1 Å². The number of aryl methyl sites for hydroxylation is 1. The summed E-state index contributed by atoms with van der Waals surface area (Å²) in [5.41, 5.74) is 1.93. The third-order valence-electron chi connectivity index (χ3n) is 5.85.